The summed E-state index contributed by atoms with van der Waals surface area (Å²) in [7, 11) is 16.8. The molecule has 402 valence electrons. The lowest BCUT2D eigenvalue weighted by Crippen LogP contribution is -1.98. The fourth-order valence-corrected chi connectivity index (χ4v) is 10.4. The SMILES string of the molecule is COc1ccc(-c2ccc(OC)cc2-c2cc(OC)ccc2-c2ccc(OC)cc2-c2cc(OC)ccc2-c2ccc(OC)cc2-c2cc(OC)ccc2-c2ccc(OC)cc2-c2cc(OC)ccc2-c2ccc(OC)cc2)cc1. The standard InChI is InChI=1S/C70H62O10/c1-71-45-15-11-43(12-16-45)55-27-19-47(73-3)35-63(55)65-37-49(75-5)21-29-57(65)59-31-23-51(77-7)39-67(59)69-41-53(79-9)25-33-61(69)62-34-26-54(80-10)42-70(62)68-40-52(78-8)24-32-60(68)58-30-22-50(76-6)38-66(58)64-36-48(74-4)20-28-56(64)44-13-17-46(72-2)18-14-44/h11-42H,1-10H3. The Bertz CT molecular complexity index is 3590. The van der Waals surface area contributed by atoms with E-state index in [-0.39, 0.29) is 0 Å². The Morgan fingerprint density at radius 1 is 0.138 bits per heavy atom. The van der Waals surface area contributed by atoms with Gasteiger partial charge >= 0.3 is 0 Å². The Hall–Kier alpha value is -9.80. The summed E-state index contributed by atoms with van der Waals surface area (Å²) in [6, 6.07) is 65.7. The van der Waals surface area contributed by atoms with Gasteiger partial charge < -0.3 is 47.4 Å². The molecule has 10 aromatic carbocycles. The number of hydrogen-bond acceptors (Lipinski definition) is 10. The zero-order chi connectivity index (χ0) is 55.9. The molecule has 0 N–H and O–H groups in total. The highest BCUT2D eigenvalue weighted by Gasteiger charge is 2.25. The fourth-order valence-electron chi connectivity index (χ4n) is 10.4. The van der Waals surface area contributed by atoms with Crippen molar-refractivity contribution in [3.63, 3.8) is 0 Å². The first-order valence-corrected chi connectivity index (χ1v) is 25.9. The second-order valence-corrected chi connectivity index (χ2v) is 18.7. The van der Waals surface area contributed by atoms with E-state index in [1.807, 2.05) is 72.8 Å². The minimum Gasteiger partial charge on any atom is -0.497 e. The van der Waals surface area contributed by atoms with Gasteiger partial charge in [-0.1, -0.05) is 72.8 Å². The van der Waals surface area contributed by atoms with Gasteiger partial charge in [0.15, 0.2) is 0 Å². The van der Waals surface area contributed by atoms with E-state index in [9.17, 15) is 0 Å². The van der Waals surface area contributed by atoms with E-state index in [4.69, 9.17) is 47.4 Å². The molecule has 0 heterocycles. The normalized spacial score (nSPS) is 10.9. The third-order valence-electron chi connectivity index (χ3n) is 14.6. The number of rotatable bonds is 19. The average molecular weight is 1060 g/mol. The molecule has 0 unspecified atom stereocenters. The smallest absolute Gasteiger partial charge is 0.119 e. The Kier molecular flexibility index (Phi) is 16.0. The van der Waals surface area contributed by atoms with Crippen LogP contribution < -0.4 is 47.4 Å². The second kappa shape index (κ2) is 23.8. The molecule has 0 atom stereocenters. The number of benzene rings is 10. The zero-order valence-corrected chi connectivity index (χ0v) is 46.6. The van der Waals surface area contributed by atoms with Crippen LogP contribution in [-0.2, 0) is 0 Å². The number of ether oxygens (including phenoxy) is 10. The summed E-state index contributed by atoms with van der Waals surface area (Å²) in [5, 5.41) is 0. The molecule has 0 aliphatic heterocycles. The molecule has 0 radical (unpaired) electrons. The molecule has 80 heavy (non-hydrogen) atoms. The summed E-state index contributed by atoms with van der Waals surface area (Å²) in [6.45, 7) is 0. The van der Waals surface area contributed by atoms with E-state index in [0.717, 1.165) is 112 Å². The lowest BCUT2D eigenvalue weighted by atomic mass is 9.82. The highest BCUT2D eigenvalue weighted by Crippen LogP contribution is 2.51. The summed E-state index contributed by atoms with van der Waals surface area (Å²) in [5.74, 6) is 7.06. The van der Waals surface area contributed by atoms with Gasteiger partial charge in [-0.15, -0.1) is 0 Å². The molecule has 0 aliphatic carbocycles. The molecule has 0 bridgehead atoms. The Morgan fingerprint density at radius 3 is 0.438 bits per heavy atom. The lowest BCUT2D eigenvalue weighted by molar-refractivity contribution is 0.414. The molecule has 10 heteroatoms. The van der Waals surface area contributed by atoms with Crippen molar-refractivity contribution < 1.29 is 47.4 Å². The molecule has 0 spiro atoms. The molecule has 0 aliphatic rings. The third-order valence-corrected chi connectivity index (χ3v) is 14.6. The van der Waals surface area contributed by atoms with Crippen molar-refractivity contribution in [1.82, 2.24) is 0 Å². The molecule has 10 rings (SSSR count). The van der Waals surface area contributed by atoms with Crippen molar-refractivity contribution in [1.29, 1.82) is 0 Å². The van der Waals surface area contributed by atoms with E-state index in [0.29, 0.717) is 46.0 Å². The largest absolute Gasteiger partial charge is 0.497 e. The first-order chi connectivity index (χ1) is 39.2. The Labute approximate surface area is 468 Å². The van der Waals surface area contributed by atoms with Crippen LogP contribution in [0, 0.1) is 0 Å². The summed E-state index contributed by atoms with van der Waals surface area (Å²) in [5.41, 5.74) is 17.0. The van der Waals surface area contributed by atoms with Crippen LogP contribution in [0.5, 0.6) is 57.5 Å². The van der Waals surface area contributed by atoms with Crippen molar-refractivity contribution in [2.45, 2.75) is 0 Å². The Morgan fingerprint density at radius 2 is 0.275 bits per heavy atom. The molecule has 0 amide bonds. The zero-order valence-electron chi connectivity index (χ0n) is 46.6. The molecule has 0 saturated heterocycles. The minimum absolute atomic E-state index is 0.674. The summed E-state index contributed by atoms with van der Waals surface area (Å²) >= 11 is 0. The van der Waals surface area contributed by atoms with Gasteiger partial charge in [0.2, 0.25) is 0 Å². The van der Waals surface area contributed by atoms with Crippen molar-refractivity contribution in [2.75, 3.05) is 71.1 Å². The van der Waals surface area contributed by atoms with Crippen LogP contribution in [0.15, 0.2) is 194 Å². The van der Waals surface area contributed by atoms with Crippen LogP contribution in [0.3, 0.4) is 0 Å². The predicted octanol–water partition coefficient (Wildman–Crippen LogP) is 16.8. The van der Waals surface area contributed by atoms with E-state index in [2.05, 4.69) is 121 Å². The number of methoxy groups -OCH3 is 10. The number of hydrogen-bond donors (Lipinski definition) is 0. The van der Waals surface area contributed by atoms with Crippen LogP contribution in [0.1, 0.15) is 0 Å². The van der Waals surface area contributed by atoms with Gasteiger partial charge in [0.05, 0.1) is 71.1 Å². The van der Waals surface area contributed by atoms with Crippen molar-refractivity contribution >= 4 is 0 Å². The van der Waals surface area contributed by atoms with E-state index < -0.39 is 0 Å². The van der Waals surface area contributed by atoms with E-state index in [1.54, 1.807) is 71.1 Å². The van der Waals surface area contributed by atoms with Gasteiger partial charge in [0.1, 0.15) is 57.5 Å². The van der Waals surface area contributed by atoms with Crippen LogP contribution in [0.25, 0.3) is 100 Å². The van der Waals surface area contributed by atoms with Gasteiger partial charge in [-0.3, -0.25) is 0 Å². The Balaban J connectivity index is 1.23. The molecule has 0 aromatic heterocycles. The lowest BCUT2D eigenvalue weighted by Gasteiger charge is -2.23. The first kappa shape index (κ1) is 53.6. The monoisotopic (exact) mass is 1060 g/mol. The first-order valence-electron chi connectivity index (χ1n) is 25.9. The quantitative estimate of drug-likeness (QED) is 0.0779. The second-order valence-electron chi connectivity index (χ2n) is 18.7. The van der Waals surface area contributed by atoms with Gasteiger partial charge in [0.25, 0.3) is 0 Å². The average Bonchev–Trinajstić information content (AvgIpc) is 3.64. The minimum atomic E-state index is 0.674. The van der Waals surface area contributed by atoms with Crippen LogP contribution in [0.4, 0.5) is 0 Å². The van der Waals surface area contributed by atoms with Gasteiger partial charge in [-0.2, -0.15) is 0 Å². The molecular weight excluding hydrogens is 1000 g/mol. The van der Waals surface area contributed by atoms with Crippen molar-refractivity contribution in [3.05, 3.63) is 194 Å². The summed E-state index contributed by atoms with van der Waals surface area (Å²) in [6.07, 6.45) is 0. The van der Waals surface area contributed by atoms with Gasteiger partial charge in [-0.25, -0.2) is 0 Å². The van der Waals surface area contributed by atoms with Gasteiger partial charge in [-0.05, 0) is 221 Å². The van der Waals surface area contributed by atoms with Gasteiger partial charge in [0, 0.05) is 0 Å². The topological polar surface area (TPSA) is 92.3 Å². The molecule has 0 saturated carbocycles. The van der Waals surface area contributed by atoms with Crippen LogP contribution in [0.2, 0.25) is 0 Å². The molecule has 10 aromatic rings. The predicted molar refractivity (Wildman–Crippen MR) is 321 cm³/mol. The molecule has 0 fully saturated rings. The van der Waals surface area contributed by atoms with Crippen LogP contribution in [-0.4, -0.2) is 71.1 Å². The van der Waals surface area contributed by atoms with Crippen molar-refractivity contribution in [3.8, 4) is 158 Å². The van der Waals surface area contributed by atoms with E-state index >= 15 is 0 Å². The van der Waals surface area contributed by atoms with Crippen LogP contribution >= 0.6 is 0 Å². The summed E-state index contributed by atoms with van der Waals surface area (Å²) in [4.78, 5) is 0. The maximum atomic E-state index is 6.07. The highest BCUT2D eigenvalue weighted by atomic mass is 16.5. The third kappa shape index (κ3) is 10.6. The highest BCUT2D eigenvalue weighted by molar-refractivity contribution is 6.04. The summed E-state index contributed by atoms with van der Waals surface area (Å²) < 4.78 is 59.1. The fraction of sp³-hybridized carbons (Fsp3) is 0.143. The van der Waals surface area contributed by atoms with Crippen molar-refractivity contribution in [2.24, 2.45) is 0 Å². The molecular formula is C70H62O10. The maximum absolute atomic E-state index is 6.07. The van der Waals surface area contributed by atoms with E-state index in [1.165, 1.54) is 0 Å². The molecule has 10 nitrogen and oxygen atoms in total. The maximum Gasteiger partial charge on any atom is 0.119 e.